The first-order valence-corrected chi connectivity index (χ1v) is 6.63. The lowest BCUT2D eigenvalue weighted by atomic mass is 9.71. The molecule has 0 spiro atoms. The highest BCUT2D eigenvalue weighted by molar-refractivity contribution is 5.93. The van der Waals surface area contributed by atoms with Gasteiger partial charge in [0.15, 0.2) is 0 Å². The van der Waals surface area contributed by atoms with Crippen LogP contribution in [-0.2, 0) is 5.41 Å². The van der Waals surface area contributed by atoms with E-state index < -0.39 is 0 Å². The molecule has 0 saturated carbocycles. The summed E-state index contributed by atoms with van der Waals surface area (Å²) in [6, 6.07) is 13.2. The topological polar surface area (TPSA) is 3.24 Å². The molecule has 0 saturated heterocycles. The molecule has 0 N–H and O–H groups in total. The maximum absolute atomic E-state index is 2.43. The molecule has 102 valence electrons. The molecule has 0 amide bonds. The Kier molecular flexibility index (Phi) is 2.93. The van der Waals surface area contributed by atoms with E-state index in [0.717, 1.165) is 0 Å². The van der Waals surface area contributed by atoms with E-state index >= 15 is 0 Å². The zero-order chi connectivity index (χ0) is 13.1. The number of benzene rings is 2. The lowest BCUT2D eigenvalue weighted by molar-refractivity contribution is 0.324. The van der Waals surface area contributed by atoms with Crippen LogP contribution in [0.15, 0.2) is 36.4 Å². The van der Waals surface area contributed by atoms with Crippen LogP contribution in [0.3, 0.4) is 0 Å². The summed E-state index contributed by atoms with van der Waals surface area (Å²) < 4.78 is 0. The Morgan fingerprint density at radius 3 is 2.21 bits per heavy atom. The number of hydrogen-bond donors (Lipinski definition) is 0. The van der Waals surface area contributed by atoms with Gasteiger partial charge in [-0.1, -0.05) is 51.6 Å². The second kappa shape index (κ2) is 4.00. The van der Waals surface area contributed by atoms with Crippen molar-refractivity contribution in [3.8, 4) is 0 Å². The number of rotatable bonds is 0. The Bertz CT molecular complexity index is 623. The molecular formula is C18H25N. The lowest BCUT2D eigenvalue weighted by Gasteiger charge is -2.40. The Morgan fingerprint density at radius 1 is 0.895 bits per heavy atom. The molecule has 1 nitrogen and oxygen atoms in total. The number of fused-ring (bicyclic) bond motifs is 3. The van der Waals surface area contributed by atoms with Crippen LogP contribution in [0.1, 0.15) is 40.7 Å². The molecule has 0 unspecified atom stereocenters. The molecule has 1 aliphatic rings. The number of hydrogen-bond acceptors (Lipinski definition) is 1. The number of likely N-dealkylation sites (N-methyl/N-ethyl adjacent to an activating group) is 1. The molecule has 3 rings (SSSR count). The van der Waals surface area contributed by atoms with Crippen LogP contribution in [0.5, 0.6) is 0 Å². The van der Waals surface area contributed by atoms with Crippen molar-refractivity contribution in [3.05, 3.63) is 42.0 Å². The predicted octanol–water partition coefficient (Wildman–Crippen LogP) is 4.98. The summed E-state index contributed by atoms with van der Waals surface area (Å²) in [5, 5.41) is 2.74. The third-order valence-corrected chi connectivity index (χ3v) is 5.26. The first kappa shape index (κ1) is 13.9. The third kappa shape index (κ3) is 1.54. The van der Waals surface area contributed by atoms with Gasteiger partial charge >= 0.3 is 0 Å². The van der Waals surface area contributed by atoms with Gasteiger partial charge in [-0.25, -0.2) is 0 Å². The summed E-state index contributed by atoms with van der Waals surface area (Å²) in [5.41, 5.74) is 3.16. The summed E-state index contributed by atoms with van der Waals surface area (Å²) >= 11 is 0. The second-order valence-electron chi connectivity index (χ2n) is 6.42. The molecule has 19 heavy (non-hydrogen) atoms. The molecule has 1 heterocycles. The first-order chi connectivity index (χ1) is 8.37. The van der Waals surface area contributed by atoms with Crippen LogP contribution < -0.4 is 4.90 Å². The Morgan fingerprint density at radius 2 is 1.53 bits per heavy atom. The fourth-order valence-electron chi connectivity index (χ4n) is 3.22. The van der Waals surface area contributed by atoms with E-state index in [0.29, 0.717) is 0 Å². The lowest BCUT2D eigenvalue weighted by Crippen LogP contribution is -2.49. The van der Waals surface area contributed by atoms with Gasteiger partial charge in [0.1, 0.15) is 0 Å². The SMILES string of the molecule is C.CN1c2ccc3ccccc3c2C(C)(C)C1(C)C. The van der Waals surface area contributed by atoms with Crippen molar-refractivity contribution in [2.75, 3.05) is 11.9 Å². The van der Waals surface area contributed by atoms with Gasteiger partial charge in [-0.2, -0.15) is 0 Å². The minimum atomic E-state index is 0. The highest BCUT2D eigenvalue weighted by Crippen LogP contribution is 2.52. The van der Waals surface area contributed by atoms with Gasteiger partial charge in [-0.3, -0.25) is 0 Å². The van der Waals surface area contributed by atoms with Crippen LogP contribution in [0.25, 0.3) is 10.8 Å². The van der Waals surface area contributed by atoms with Crippen molar-refractivity contribution in [3.63, 3.8) is 0 Å². The zero-order valence-electron chi connectivity index (χ0n) is 11.9. The summed E-state index contributed by atoms with van der Waals surface area (Å²) in [6.45, 7) is 9.40. The number of anilines is 1. The van der Waals surface area contributed by atoms with Gasteiger partial charge in [0.2, 0.25) is 0 Å². The quantitative estimate of drug-likeness (QED) is 0.641. The van der Waals surface area contributed by atoms with Gasteiger partial charge in [0.25, 0.3) is 0 Å². The van der Waals surface area contributed by atoms with Crippen molar-refractivity contribution in [2.45, 2.75) is 46.1 Å². The van der Waals surface area contributed by atoms with Crippen molar-refractivity contribution in [1.29, 1.82) is 0 Å². The van der Waals surface area contributed by atoms with Crippen molar-refractivity contribution in [1.82, 2.24) is 0 Å². The molecule has 2 aromatic carbocycles. The molecule has 0 radical (unpaired) electrons. The molecule has 0 fully saturated rings. The van der Waals surface area contributed by atoms with Crippen molar-refractivity contribution >= 4 is 16.5 Å². The zero-order valence-corrected chi connectivity index (χ0v) is 11.9. The first-order valence-electron chi connectivity index (χ1n) is 6.63. The smallest absolute Gasteiger partial charge is 0.0435 e. The Balaban J connectivity index is 0.00000133. The maximum atomic E-state index is 2.43. The summed E-state index contributed by atoms with van der Waals surface area (Å²) in [6.07, 6.45) is 0. The molecule has 0 aromatic heterocycles. The highest BCUT2D eigenvalue weighted by Gasteiger charge is 2.49. The Hall–Kier alpha value is -1.50. The van der Waals surface area contributed by atoms with Crippen LogP contribution in [0.2, 0.25) is 0 Å². The average Bonchev–Trinajstić information content (AvgIpc) is 2.48. The standard InChI is InChI=1S/C17H21N.CH4/c1-16(2)15-13-9-7-6-8-12(13)10-11-14(15)18(5)17(16,3)4;/h6-11H,1-5H3;1H4. The van der Waals surface area contributed by atoms with E-state index in [1.54, 1.807) is 0 Å². The van der Waals surface area contributed by atoms with E-state index in [2.05, 4.69) is 76.0 Å². The van der Waals surface area contributed by atoms with Gasteiger partial charge in [0.05, 0.1) is 0 Å². The van der Waals surface area contributed by atoms with Gasteiger partial charge in [-0.15, -0.1) is 0 Å². The van der Waals surface area contributed by atoms with E-state index in [1.807, 2.05) is 0 Å². The Labute approximate surface area is 117 Å². The summed E-state index contributed by atoms with van der Waals surface area (Å²) in [5.74, 6) is 0. The predicted molar refractivity (Wildman–Crippen MR) is 86.2 cm³/mol. The summed E-state index contributed by atoms with van der Waals surface area (Å²) in [4.78, 5) is 2.43. The highest BCUT2D eigenvalue weighted by atomic mass is 15.2. The molecule has 0 bridgehead atoms. The van der Waals surface area contributed by atoms with Gasteiger partial charge < -0.3 is 4.90 Å². The maximum Gasteiger partial charge on any atom is 0.0435 e. The number of nitrogens with zero attached hydrogens (tertiary/aromatic N) is 1. The normalized spacial score (nSPS) is 19.1. The van der Waals surface area contributed by atoms with Gasteiger partial charge in [-0.05, 0) is 36.2 Å². The van der Waals surface area contributed by atoms with E-state index in [9.17, 15) is 0 Å². The molecule has 2 aromatic rings. The van der Waals surface area contributed by atoms with Crippen LogP contribution in [0.4, 0.5) is 5.69 Å². The molecule has 1 heteroatoms. The second-order valence-corrected chi connectivity index (χ2v) is 6.42. The minimum absolute atomic E-state index is 0. The van der Waals surface area contributed by atoms with Crippen LogP contribution >= 0.6 is 0 Å². The van der Waals surface area contributed by atoms with Gasteiger partial charge in [0, 0.05) is 23.7 Å². The monoisotopic (exact) mass is 255 g/mol. The molecule has 0 aliphatic carbocycles. The van der Waals surface area contributed by atoms with E-state index in [1.165, 1.54) is 22.0 Å². The van der Waals surface area contributed by atoms with Crippen molar-refractivity contribution in [2.24, 2.45) is 0 Å². The largest absolute Gasteiger partial charge is 0.368 e. The average molecular weight is 255 g/mol. The van der Waals surface area contributed by atoms with Crippen LogP contribution in [-0.4, -0.2) is 12.6 Å². The van der Waals surface area contributed by atoms with Crippen molar-refractivity contribution < 1.29 is 0 Å². The fraction of sp³-hybridized carbons (Fsp3) is 0.444. The summed E-state index contributed by atoms with van der Waals surface area (Å²) in [7, 11) is 2.21. The third-order valence-electron chi connectivity index (χ3n) is 5.26. The minimum Gasteiger partial charge on any atom is -0.368 e. The molecule has 0 atom stereocenters. The molecule has 1 aliphatic heterocycles. The molecular weight excluding hydrogens is 230 g/mol. The van der Waals surface area contributed by atoms with E-state index in [4.69, 9.17) is 0 Å². The van der Waals surface area contributed by atoms with E-state index in [-0.39, 0.29) is 18.4 Å². The fourth-order valence-corrected chi connectivity index (χ4v) is 3.22. The van der Waals surface area contributed by atoms with Crippen LogP contribution in [0, 0.1) is 0 Å².